The lowest BCUT2D eigenvalue weighted by atomic mass is 10.0. The molecule has 0 spiro atoms. The molecule has 13 heavy (non-hydrogen) atoms. The van der Waals surface area contributed by atoms with Gasteiger partial charge in [-0.1, -0.05) is 13.8 Å². The molecule has 1 aromatic heterocycles. The average molecular weight is 182 g/mol. The molecule has 0 saturated heterocycles. The Kier molecular flexibility index (Phi) is 3.06. The lowest BCUT2D eigenvalue weighted by Crippen LogP contribution is -2.19. The summed E-state index contributed by atoms with van der Waals surface area (Å²) in [5.74, 6) is -0.509. The number of hydrogen-bond donors (Lipinski definition) is 1. The topological polar surface area (TPSA) is 55.1 Å². The van der Waals surface area contributed by atoms with Gasteiger partial charge in [-0.15, -0.1) is 0 Å². The second kappa shape index (κ2) is 4.07. The lowest BCUT2D eigenvalue weighted by Gasteiger charge is -2.19. The minimum absolute atomic E-state index is 0.0486. The maximum atomic E-state index is 10.6. The standard InChI is InChI=1S/C9H14N2O2/c1-7(2)8(6-9(12)13)11-5-3-4-10-11/h3-5,7-8H,6H2,1-2H3,(H,12,13)/t8-/m0/s1. The highest BCUT2D eigenvalue weighted by molar-refractivity contribution is 5.67. The highest BCUT2D eigenvalue weighted by Gasteiger charge is 2.18. The summed E-state index contributed by atoms with van der Waals surface area (Å²) in [6.07, 6.45) is 3.59. The van der Waals surface area contributed by atoms with Gasteiger partial charge in [0.25, 0.3) is 0 Å². The van der Waals surface area contributed by atoms with Crippen LogP contribution in [-0.2, 0) is 4.79 Å². The van der Waals surface area contributed by atoms with Gasteiger partial charge in [0, 0.05) is 12.4 Å². The molecule has 1 rings (SSSR count). The molecule has 0 unspecified atom stereocenters. The van der Waals surface area contributed by atoms with E-state index in [-0.39, 0.29) is 18.4 Å². The summed E-state index contributed by atoms with van der Waals surface area (Å²) in [5.41, 5.74) is 0. The first-order valence-electron chi connectivity index (χ1n) is 4.32. The molecule has 1 atom stereocenters. The first-order chi connectivity index (χ1) is 6.11. The van der Waals surface area contributed by atoms with E-state index in [0.717, 1.165) is 0 Å². The van der Waals surface area contributed by atoms with Crippen molar-refractivity contribution in [3.8, 4) is 0 Å². The highest BCUT2D eigenvalue weighted by Crippen LogP contribution is 2.20. The largest absolute Gasteiger partial charge is 0.481 e. The summed E-state index contributed by atoms with van der Waals surface area (Å²) in [4.78, 5) is 10.6. The minimum atomic E-state index is -0.783. The van der Waals surface area contributed by atoms with Crippen LogP contribution in [0, 0.1) is 5.92 Å². The Bertz CT molecular complexity index is 267. The number of carbonyl (C=O) groups is 1. The molecule has 0 saturated carbocycles. The van der Waals surface area contributed by atoms with E-state index < -0.39 is 5.97 Å². The smallest absolute Gasteiger partial charge is 0.305 e. The summed E-state index contributed by atoms with van der Waals surface area (Å²) in [6, 6.07) is 1.75. The van der Waals surface area contributed by atoms with Crippen LogP contribution < -0.4 is 0 Å². The van der Waals surface area contributed by atoms with Gasteiger partial charge in [0.2, 0.25) is 0 Å². The van der Waals surface area contributed by atoms with E-state index in [1.54, 1.807) is 23.1 Å². The molecule has 0 bridgehead atoms. The SMILES string of the molecule is CC(C)[C@H](CC(=O)O)n1cccn1. The molecule has 0 fully saturated rings. The number of carboxylic acid groups (broad SMARTS) is 1. The van der Waals surface area contributed by atoms with Gasteiger partial charge in [0.15, 0.2) is 0 Å². The van der Waals surface area contributed by atoms with E-state index in [9.17, 15) is 4.79 Å². The van der Waals surface area contributed by atoms with E-state index in [4.69, 9.17) is 5.11 Å². The molecule has 0 amide bonds. The number of aromatic nitrogens is 2. The third kappa shape index (κ3) is 2.57. The van der Waals surface area contributed by atoms with E-state index in [1.807, 2.05) is 13.8 Å². The molecule has 4 heteroatoms. The highest BCUT2D eigenvalue weighted by atomic mass is 16.4. The van der Waals surface area contributed by atoms with Crippen molar-refractivity contribution in [1.29, 1.82) is 0 Å². The van der Waals surface area contributed by atoms with E-state index in [1.165, 1.54) is 0 Å². The number of hydrogen-bond acceptors (Lipinski definition) is 2. The van der Waals surface area contributed by atoms with Gasteiger partial charge >= 0.3 is 5.97 Å². The van der Waals surface area contributed by atoms with E-state index in [0.29, 0.717) is 0 Å². The fraction of sp³-hybridized carbons (Fsp3) is 0.556. The van der Waals surface area contributed by atoms with Crippen molar-refractivity contribution in [3.05, 3.63) is 18.5 Å². The van der Waals surface area contributed by atoms with Crippen molar-refractivity contribution in [2.75, 3.05) is 0 Å². The van der Waals surface area contributed by atoms with Gasteiger partial charge in [0.05, 0.1) is 12.5 Å². The van der Waals surface area contributed by atoms with Crippen LogP contribution in [0.15, 0.2) is 18.5 Å². The normalized spacial score (nSPS) is 13.2. The van der Waals surface area contributed by atoms with Gasteiger partial charge in [-0.05, 0) is 12.0 Å². The van der Waals surface area contributed by atoms with Gasteiger partial charge < -0.3 is 5.11 Å². The Morgan fingerprint density at radius 1 is 1.62 bits per heavy atom. The zero-order chi connectivity index (χ0) is 9.84. The molecule has 0 aliphatic heterocycles. The molecule has 72 valence electrons. The summed E-state index contributed by atoms with van der Waals surface area (Å²) < 4.78 is 1.71. The van der Waals surface area contributed by atoms with Crippen molar-refractivity contribution in [2.45, 2.75) is 26.3 Å². The van der Waals surface area contributed by atoms with Gasteiger partial charge in [0.1, 0.15) is 0 Å². The average Bonchev–Trinajstić information content (AvgIpc) is 2.50. The maximum absolute atomic E-state index is 10.6. The quantitative estimate of drug-likeness (QED) is 0.768. The zero-order valence-electron chi connectivity index (χ0n) is 7.84. The molecule has 1 N–H and O–H groups in total. The van der Waals surface area contributed by atoms with Crippen LogP contribution in [0.4, 0.5) is 0 Å². The molecule has 0 aromatic carbocycles. The van der Waals surface area contributed by atoms with Crippen molar-refractivity contribution in [1.82, 2.24) is 9.78 Å². The second-order valence-corrected chi connectivity index (χ2v) is 3.40. The molecular formula is C9H14N2O2. The van der Waals surface area contributed by atoms with Crippen LogP contribution in [0.5, 0.6) is 0 Å². The molecule has 1 aromatic rings. The summed E-state index contributed by atoms with van der Waals surface area (Å²) in [5, 5.41) is 12.7. The fourth-order valence-electron chi connectivity index (χ4n) is 1.29. The Hall–Kier alpha value is -1.32. The van der Waals surface area contributed by atoms with E-state index >= 15 is 0 Å². The summed E-state index contributed by atoms with van der Waals surface area (Å²) in [6.45, 7) is 3.99. The first kappa shape index (κ1) is 9.77. The Balaban J connectivity index is 2.74. The Labute approximate surface area is 77.2 Å². The Morgan fingerprint density at radius 3 is 2.69 bits per heavy atom. The van der Waals surface area contributed by atoms with Gasteiger partial charge in [-0.2, -0.15) is 5.10 Å². The van der Waals surface area contributed by atoms with Crippen molar-refractivity contribution < 1.29 is 9.90 Å². The fourth-order valence-corrected chi connectivity index (χ4v) is 1.29. The van der Waals surface area contributed by atoms with E-state index in [2.05, 4.69) is 5.10 Å². The first-order valence-corrected chi connectivity index (χ1v) is 4.32. The molecular weight excluding hydrogens is 168 g/mol. The molecule has 1 heterocycles. The molecule has 0 aliphatic rings. The van der Waals surface area contributed by atoms with Crippen LogP contribution in [0.2, 0.25) is 0 Å². The molecule has 0 radical (unpaired) electrons. The number of carboxylic acids is 1. The van der Waals surface area contributed by atoms with Gasteiger partial charge in [-0.3, -0.25) is 9.48 Å². The lowest BCUT2D eigenvalue weighted by molar-refractivity contribution is -0.138. The molecule has 4 nitrogen and oxygen atoms in total. The monoisotopic (exact) mass is 182 g/mol. The third-order valence-corrected chi connectivity index (χ3v) is 2.02. The summed E-state index contributed by atoms with van der Waals surface area (Å²) >= 11 is 0. The van der Waals surface area contributed by atoms with Gasteiger partial charge in [-0.25, -0.2) is 0 Å². The second-order valence-electron chi connectivity index (χ2n) is 3.40. The number of rotatable bonds is 4. The van der Waals surface area contributed by atoms with Crippen molar-refractivity contribution >= 4 is 5.97 Å². The predicted molar refractivity (Wildman–Crippen MR) is 48.4 cm³/mol. The molecule has 0 aliphatic carbocycles. The minimum Gasteiger partial charge on any atom is -0.481 e. The van der Waals surface area contributed by atoms with Crippen LogP contribution in [0.1, 0.15) is 26.3 Å². The predicted octanol–water partition coefficient (Wildman–Crippen LogP) is 1.55. The third-order valence-electron chi connectivity index (χ3n) is 2.02. The number of nitrogens with zero attached hydrogens (tertiary/aromatic N) is 2. The number of aliphatic carboxylic acids is 1. The zero-order valence-corrected chi connectivity index (χ0v) is 7.84. The van der Waals surface area contributed by atoms with Crippen molar-refractivity contribution in [2.24, 2.45) is 5.92 Å². The van der Waals surface area contributed by atoms with Crippen molar-refractivity contribution in [3.63, 3.8) is 0 Å². The van der Waals surface area contributed by atoms with Crippen LogP contribution >= 0.6 is 0 Å². The van der Waals surface area contributed by atoms with Crippen LogP contribution in [0.25, 0.3) is 0 Å². The van der Waals surface area contributed by atoms with Crippen LogP contribution in [-0.4, -0.2) is 20.9 Å². The van der Waals surface area contributed by atoms with Crippen LogP contribution in [0.3, 0.4) is 0 Å². The maximum Gasteiger partial charge on any atom is 0.305 e. The Morgan fingerprint density at radius 2 is 2.31 bits per heavy atom. The summed E-state index contributed by atoms with van der Waals surface area (Å²) in [7, 11) is 0.